The Hall–Kier alpha value is -2.41. The fourth-order valence-electron chi connectivity index (χ4n) is 3.41. The lowest BCUT2D eigenvalue weighted by molar-refractivity contribution is -0.120. The smallest absolute Gasteiger partial charge is 0.316 e. The fourth-order valence-corrected chi connectivity index (χ4v) is 3.41. The second kappa shape index (κ2) is 5.34. The van der Waals surface area contributed by atoms with Gasteiger partial charge in [-0.25, -0.2) is 4.79 Å². The molecule has 4 rings (SSSR count). The van der Waals surface area contributed by atoms with Crippen LogP contribution in [0.3, 0.4) is 0 Å². The molecule has 0 radical (unpaired) electrons. The van der Waals surface area contributed by atoms with Crippen LogP contribution in [0.5, 0.6) is 0 Å². The quantitative estimate of drug-likeness (QED) is 0.870. The molecule has 7 heteroatoms. The van der Waals surface area contributed by atoms with Crippen molar-refractivity contribution in [1.82, 2.24) is 20.4 Å². The van der Waals surface area contributed by atoms with Crippen molar-refractivity contribution >= 4 is 28.7 Å². The van der Waals surface area contributed by atoms with E-state index in [0.717, 1.165) is 30.4 Å². The SMILES string of the molecule is Cn1nc(N2CCC(=O)NC2=O)c2ccc([C@@H]3CCNC3)cc21. The second-order valence-corrected chi connectivity index (χ2v) is 6.17. The van der Waals surface area contributed by atoms with Gasteiger partial charge in [-0.3, -0.25) is 19.7 Å². The largest absolute Gasteiger partial charge is 0.329 e. The molecule has 1 aromatic carbocycles. The molecule has 3 heterocycles. The van der Waals surface area contributed by atoms with E-state index in [4.69, 9.17) is 0 Å². The van der Waals surface area contributed by atoms with Crippen LogP contribution in [0.15, 0.2) is 18.2 Å². The van der Waals surface area contributed by atoms with E-state index < -0.39 is 6.03 Å². The van der Waals surface area contributed by atoms with E-state index in [9.17, 15) is 9.59 Å². The molecule has 2 aliphatic heterocycles. The lowest BCUT2D eigenvalue weighted by Crippen LogP contribution is -2.49. The van der Waals surface area contributed by atoms with E-state index in [-0.39, 0.29) is 5.91 Å². The molecule has 1 aromatic heterocycles. The van der Waals surface area contributed by atoms with Crippen molar-refractivity contribution in [2.24, 2.45) is 7.05 Å². The molecule has 120 valence electrons. The zero-order valence-corrected chi connectivity index (χ0v) is 13.0. The number of hydrogen-bond acceptors (Lipinski definition) is 4. The van der Waals surface area contributed by atoms with Crippen molar-refractivity contribution in [1.29, 1.82) is 0 Å². The Labute approximate surface area is 133 Å². The van der Waals surface area contributed by atoms with E-state index in [1.54, 1.807) is 9.58 Å². The van der Waals surface area contributed by atoms with Crippen LogP contribution in [0.2, 0.25) is 0 Å². The van der Waals surface area contributed by atoms with Gasteiger partial charge in [0.05, 0.1) is 5.52 Å². The van der Waals surface area contributed by atoms with Crippen LogP contribution in [0.1, 0.15) is 24.3 Å². The summed E-state index contributed by atoms with van der Waals surface area (Å²) in [4.78, 5) is 24.9. The number of amides is 3. The highest BCUT2D eigenvalue weighted by Gasteiger charge is 2.28. The second-order valence-electron chi connectivity index (χ2n) is 6.17. The lowest BCUT2D eigenvalue weighted by Gasteiger charge is -2.24. The summed E-state index contributed by atoms with van der Waals surface area (Å²) in [6.07, 6.45) is 1.45. The molecule has 2 aromatic rings. The van der Waals surface area contributed by atoms with Gasteiger partial charge in [0, 0.05) is 31.9 Å². The number of nitrogens with zero attached hydrogens (tertiary/aromatic N) is 3. The predicted molar refractivity (Wildman–Crippen MR) is 86.4 cm³/mol. The van der Waals surface area contributed by atoms with Crippen molar-refractivity contribution in [3.63, 3.8) is 0 Å². The average molecular weight is 313 g/mol. The van der Waals surface area contributed by atoms with Crippen molar-refractivity contribution < 1.29 is 9.59 Å². The van der Waals surface area contributed by atoms with Gasteiger partial charge in [-0.05, 0) is 36.6 Å². The van der Waals surface area contributed by atoms with Crippen LogP contribution in [0.4, 0.5) is 10.6 Å². The van der Waals surface area contributed by atoms with E-state index in [0.29, 0.717) is 24.7 Å². The zero-order valence-electron chi connectivity index (χ0n) is 13.0. The highest BCUT2D eigenvalue weighted by molar-refractivity contribution is 6.08. The average Bonchev–Trinajstić information content (AvgIpc) is 3.16. The van der Waals surface area contributed by atoms with Gasteiger partial charge in [-0.1, -0.05) is 6.07 Å². The van der Waals surface area contributed by atoms with E-state index >= 15 is 0 Å². The number of imide groups is 1. The Morgan fingerprint density at radius 3 is 2.91 bits per heavy atom. The molecule has 3 amide bonds. The van der Waals surface area contributed by atoms with Crippen LogP contribution < -0.4 is 15.5 Å². The number of urea groups is 1. The number of hydrogen-bond donors (Lipinski definition) is 2. The van der Waals surface area contributed by atoms with Gasteiger partial charge in [0.15, 0.2) is 5.82 Å². The summed E-state index contributed by atoms with van der Waals surface area (Å²) in [6.45, 7) is 2.43. The van der Waals surface area contributed by atoms with Crippen LogP contribution >= 0.6 is 0 Å². The molecule has 7 nitrogen and oxygen atoms in total. The molecule has 2 aliphatic rings. The van der Waals surface area contributed by atoms with Gasteiger partial charge in [-0.2, -0.15) is 5.10 Å². The molecule has 23 heavy (non-hydrogen) atoms. The molecular weight excluding hydrogens is 294 g/mol. The number of carbonyl (C=O) groups is 2. The molecule has 2 saturated heterocycles. The maximum Gasteiger partial charge on any atom is 0.329 e. The Morgan fingerprint density at radius 2 is 2.17 bits per heavy atom. The number of rotatable bonds is 2. The third-order valence-corrected chi connectivity index (χ3v) is 4.70. The molecule has 1 atom stereocenters. The van der Waals surface area contributed by atoms with Crippen molar-refractivity contribution in [2.75, 3.05) is 24.5 Å². The molecule has 0 aliphatic carbocycles. The Kier molecular flexibility index (Phi) is 3.30. The molecule has 2 N–H and O–H groups in total. The van der Waals surface area contributed by atoms with Crippen LogP contribution in [0.25, 0.3) is 10.9 Å². The summed E-state index contributed by atoms with van der Waals surface area (Å²) in [6, 6.07) is 5.93. The monoisotopic (exact) mass is 313 g/mol. The maximum atomic E-state index is 12.1. The summed E-state index contributed by atoms with van der Waals surface area (Å²) in [5, 5.41) is 11.2. The Morgan fingerprint density at radius 1 is 1.30 bits per heavy atom. The maximum absolute atomic E-state index is 12.1. The fraction of sp³-hybridized carbons (Fsp3) is 0.438. The van der Waals surface area contributed by atoms with Gasteiger partial charge < -0.3 is 5.32 Å². The van der Waals surface area contributed by atoms with E-state index in [1.807, 2.05) is 13.1 Å². The van der Waals surface area contributed by atoms with Gasteiger partial charge in [-0.15, -0.1) is 0 Å². The molecule has 0 bridgehead atoms. The number of benzene rings is 1. The van der Waals surface area contributed by atoms with Gasteiger partial charge in [0.1, 0.15) is 0 Å². The highest BCUT2D eigenvalue weighted by atomic mass is 16.2. The minimum atomic E-state index is -0.398. The summed E-state index contributed by atoms with van der Waals surface area (Å²) in [5.74, 6) is 0.916. The van der Waals surface area contributed by atoms with Gasteiger partial charge in [0.25, 0.3) is 0 Å². The Bertz CT molecular complexity index is 791. The van der Waals surface area contributed by atoms with Crippen molar-refractivity contribution in [3.8, 4) is 0 Å². The number of aromatic nitrogens is 2. The minimum absolute atomic E-state index is 0.234. The first kappa shape index (κ1) is 14.2. The highest BCUT2D eigenvalue weighted by Crippen LogP contribution is 2.31. The summed E-state index contributed by atoms with van der Waals surface area (Å²) in [5.41, 5.74) is 2.31. The molecule has 2 fully saturated rings. The number of nitrogens with one attached hydrogen (secondary N) is 2. The normalized spacial score (nSPS) is 22.0. The first-order valence-corrected chi connectivity index (χ1v) is 7.92. The first-order valence-electron chi connectivity index (χ1n) is 7.92. The summed E-state index contributed by atoms with van der Waals surface area (Å²) in [7, 11) is 1.88. The van der Waals surface area contributed by atoms with E-state index in [1.165, 1.54) is 5.56 Å². The topological polar surface area (TPSA) is 79.3 Å². The van der Waals surface area contributed by atoms with E-state index in [2.05, 4.69) is 27.9 Å². The van der Waals surface area contributed by atoms with Gasteiger partial charge in [0.2, 0.25) is 5.91 Å². The molecule has 0 spiro atoms. The molecule has 0 saturated carbocycles. The summed E-state index contributed by atoms with van der Waals surface area (Å²) >= 11 is 0. The number of anilines is 1. The predicted octanol–water partition coefficient (Wildman–Crippen LogP) is 1.10. The minimum Gasteiger partial charge on any atom is -0.316 e. The summed E-state index contributed by atoms with van der Waals surface area (Å²) < 4.78 is 1.81. The third kappa shape index (κ3) is 2.37. The van der Waals surface area contributed by atoms with Crippen LogP contribution in [-0.4, -0.2) is 41.4 Å². The van der Waals surface area contributed by atoms with Gasteiger partial charge >= 0.3 is 6.03 Å². The van der Waals surface area contributed by atoms with Crippen molar-refractivity contribution in [2.45, 2.75) is 18.8 Å². The number of carbonyl (C=O) groups excluding carboxylic acids is 2. The first-order chi connectivity index (χ1) is 11.1. The standard InChI is InChI=1S/C16H19N5O2/c1-20-13-8-10(11-4-6-17-9-11)2-3-12(13)15(19-20)21-7-5-14(22)18-16(21)23/h2-3,8,11,17H,4-7,9H2,1H3,(H,18,22,23)/t11-/m1/s1. The van der Waals surface area contributed by atoms with Crippen molar-refractivity contribution in [3.05, 3.63) is 23.8 Å². The Balaban J connectivity index is 1.74. The van der Waals surface area contributed by atoms with Crippen LogP contribution in [0, 0.1) is 0 Å². The zero-order chi connectivity index (χ0) is 16.0. The number of fused-ring (bicyclic) bond motifs is 1. The molecular formula is C16H19N5O2. The van der Waals surface area contributed by atoms with Crippen LogP contribution in [-0.2, 0) is 11.8 Å². The number of aryl methyl sites for hydroxylation is 1. The third-order valence-electron chi connectivity index (χ3n) is 4.70. The molecule has 0 unspecified atom stereocenters. The lowest BCUT2D eigenvalue weighted by atomic mass is 9.97.